The first kappa shape index (κ1) is 14.9. The van der Waals surface area contributed by atoms with Gasteiger partial charge < -0.3 is 5.73 Å². The van der Waals surface area contributed by atoms with Crippen LogP contribution in [0.2, 0.25) is 5.15 Å². The third-order valence-corrected chi connectivity index (χ3v) is 5.36. The molecule has 1 aliphatic heterocycles. The smallest absolute Gasteiger partial charge is 0.237 e. The molecule has 7 nitrogen and oxygen atoms in total. The van der Waals surface area contributed by atoms with Gasteiger partial charge in [-0.05, 0) is 37.3 Å². The van der Waals surface area contributed by atoms with Crippen LogP contribution in [0.5, 0.6) is 0 Å². The summed E-state index contributed by atoms with van der Waals surface area (Å²) in [5.41, 5.74) is 13.5. The predicted octanol–water partition coefficient (Wildman–Crippen LogP) is 0.844. The van der Waals surface area contributed by atoms with Crippen molar-refractivity contribution in [3.63, 3.8) is 0 Å². The number of carbonyl (C=O) groups is 1. The highest BCUT2D eigenvalue weighted by molar-refractivity contribution is 6.29. The van der Waals surface area contributed by atoms with Gasteiger partial charge in [0, 0.05) is 24.4 Å². The molecule has 4 atom stereocenters. The lowest BCUT2D eigenvalue weighted by molar-refractivity contribution is -0.133. The first-order valence-electron chi connectivity index (χ1n) is 7.93. The van der Waals surface area contributed by atoms with Crippen LogP contribution in [0.3, 0.4) is 0 Å². The van der Waals surface area contributed by atoms with Gasteiger partial charge in [-0.3, -0.25) is 10.2 Å². The highest BCUT2D eigenvalue weighted by atomic mass is 35.5. The fraction of sp³-hybridized carbons (Fsp3) is 0.533. The average molecular weight is 335 g/mol. The second-order valence-corrected chi connectivity index (χ2v) is 6.75. The molecule has 0 bridgehead atoms. The Morgan fingerprint density at radius 1 is 1.39 bits per heavy atom. The summed E-state index contributed by atoms with van der Waals surface area (Å²) in [5.74, 6) is 0.658. The topological polar surface area (TPSA) is 97.3 Å². The van der Waals surface area contributed by atoms with Gasteiger partial charge in [-0.2, -0.15) is 5.10 Å². The summed E-state index contributed by atoms with van der Waals surface area (Å²) >= 11 is 6.02. The Labute approximate surface area is 138 Å². The molecule has 2 fully saturated rings. The summed E-state index contributed by atoms with van der Waals surface area (Å²) in [6.45, 7) is 0.505. The van der Waals surface area contributed by atoms with Crippen LogP contribution < -0.4 is 16.6 Å². The number of imidazole rings is 1. The Balaban J connectivity index is 1.65. The number of hydrazine groups is 1. The third kappa shape index (κ3) is 2.49. The lowest BCUT2D eigenvalue weighted by Gasteiger charge is -2.43. The maximum Gasteiger partial charge on any atom is 0.237 e. The monoisotopic (exact) mass is 334 g/mol. The number of nitrogens with two attached hydrogens (primary N) is 1. The van der Waals surface area contributed by atoms with Gasteiger partial charge in [-0.1, -0.05) is 11.6 Å². The van der Waals surface area contributed by atoms with Crippen molar-refractivity contribution in [3.05, 3.63) is 29.2 Å². The first-order valence-corrected chi connectivity index (χ1v) is 8.31. The lowest BCUT2D eigenvalue weighted by Crippen LogP contribution is -2.62. The van der Waals surface area contributed by atoms with Crippen LogP contribution in [0.25, 0.3) is 5.65 Å². The molecule has 1 saturated carbocycles. The molecule has 4 rings (SSSR count). The fourth-order valence-corrected chi connectivity index (χ4v) is 4.13. The number of hydrogen-bond donors (Lipinski definition) is 3. The van der Waals surface area contributed by atoms with Gasteiger partial charge in [0.2, 0.25) is 5.91 Å². The third-order valence-electron chi connectivity index (χ3n) is 5.16. The molecule has 2 aromatic heterocycles. The van der Waals surface area contributed by atoms with Crippen molar-refractivity contribution in [2.45, 2.75) is 31.2 Å². The van der Waals surface area contributed by atoms with Gasteiger partial charge in [0.1, 0.15) is 5.15 Å². The molecule has 23 heavy (non-hydrogen) atoms. The van der Waals surface area contributed by atoms with E-state index in [9.17, 15) is 4.79 Å². The summed E-state index contributed by atoms with van der Waals surface area (Å²) in [6.07, 6.45) is 4.56. The van der Waals surface area contributed by atoms with E-state index >= 15 is 0 Å². The van der Waals surface area contributed by atoms with Gasteiger partial charge >= 0.3 is 0 Å². The zero-order valence-corrected chi connectivity index (χ0v) is 13.3. The Kier molecular flexibility index (Phi) is 3.71. The molecule has 2 aliphatic rings. The number of fused-ring (bicyclic) bond motifs is 2. The molecule has 3 heterocycles. The van der Waals surface area contributed by atoms with Crippen LogP contribution in [-0.4, -0.2) is 33.1 Å². The molecule has 122 valence electrons. The van der Waals surface area contributed by atoms with Gasteiger partial charge in [-0.15, -0.1) is 0 Å². The van der Waals surface area contributed by atoms with E-state index in [0.717, 1.165) is 30.6 Å². The molecule has 4 N–H and O–H groups in total. The second-order valence-electron chi connectivity index (χ2n) is 6.37. The van der Waals surface area contributed by atoms with Crippen LogP contribution in [-0.2, 0) is 4.79 Å². The van der Waals surface area contributed by atoms with E-state index in [4.69, 9.17) is 17.3 Å². The van der Waals surface area contributed by atoms with Crippen LogP contribution >= 0.6 is 11.6 Å². The first-order chi connectivity index (χ1) is 11.2. The van der Waals surface area contributed by atoms with E-state index < -0.39 is 0 Å². The molecule has 0 spiro atoms. The predicted molar refractivity (Wildman–Crippen MR) is 85.7 cm³/mol. The number of amides is 1. The van der Waals surface area contributed by atoms with Crippen molar-refractivity contribution >= 4 is 23.2 Å². The molecule has 1 aliphatic carbocycles. The van der Waals surface area contributed by atoms with Crippen molar-refractivity contribution in [1.29, 1.82) is 0 Å². The Morgan fingerprint density at radius 3 is 3.09 bits per heavy atom. The Bertz CT molecular complexity index is 747. The van der Waals surface area contributed by atoms with Gasteiger partial charge in [-0.25, -0.2) is 14.9 Å². The highest BCUT2D eigenvalue weighted by Gasteiger charge is 2.43. The van der Waals surface area contributed by atoms with Gasteiger partial charge in [0.05, 0.1) is 11.9 Å². The highest BCUT2D eigenvalue weighted by Crippen LogP contribution is 2.42. The van der Waals surface area contributed by atoms with E-state index in [2.05, 4.69) is 20.9 Å². The zero-order valence-electron chi connectivity index (χ0n) is 12.6. The summed E-state index contributed by atoms with van der Waals surface area (Å²) in [7, 11) is 0. The van der Waals surface area contributed by atoms with E-state index in [1.54, 1.807) is 6.07 Å². The number of nitrogens with one attached hydrogen (secondary N) is 2. The van der Waals surface area contributed by atoms with Gasteiger partial charge in [0.15, 0.2) is 5.65 Å². The normalized spacial score (nSPS) is 31.0. The van der Waals surface area contributed by atoms with E-state index in [1.165, 1.54) is 0 Å². The summed E-state index contributed by atoms with van der Waals surface area (Å²) < 4.78 is 1.82. The molecule has 2 aromatic rings. The standard InChI is InChI=1S/C15H19ClN6O/c16-13-3-4-14-18-7-12(22(14)21-13)8-1-2-9-10(5-8)11(6-17)19-20-15(9)23/h3-4,7-11,19H,1-2,5-6,17H2,(H,20,23). The number of rotatable bonds is 2. The molecule has 8 heteroatoms. The number of nitrogens with zero attached hydrogens (tertiary/aromatic N) is 3. The average Bonchev–Trinajstić information content (AvgIpc) is 2.98. The lowest BCUT2D eigenvalue weighted by atomic mass is 9.69. The molecule has 1 saturated heterocycles. The quantitative estimate of drug-likeness (QED) is 0.756. The maximum absolute atomic E-state index is 12.1. The maximum atomic E-state index is 12.1. The molecule has 1 amide bonds. The Hall–Kier alpha value is -1.70. The minimum Gasteiger partial charge on any atom is -0.329 e. The molecule has 4 unspecified atom stereocenters. The minimum atomic E-state index is 0.0387. The van der Waals surface area contributed by atoms with E-state index in [0.29, 0.717) is 17.6 Å². The summed E-state index contributed by atoms with van der Waals surface area (Å²) in [4.78, 5) is 16.5. The van der Waals surface area contributed by atoms with Gasteiger partial charge in [0.25, 0.3) is 0 Å². The SMILES string of the molecule is NCC1NNC(=O)C2CCC(c3cnc4ccc(Cl)nn34)CC12. The van der Waals surface area contributed by atoms with Crippen molar-refractivity contribution < 1.29 is 4.79 Å². The molecule has 0 radical (unpaired) electrons. The van der Waals surface area contributed by atoms with Crippen molar-refractivity contribution in [3.8, 4) is 0 Å². The Morgan fingerprint density at radius 2 is 2.26 bits per heavy atom. The van der Waals surface area contributed by atoms with Crippen molar-refractivity contribution in [1.82, 2.24) is 25.4 Å². The molecule has 0 aromatic carbocycles. The van der Waals surface area contributed by atoms with Crippen LogP contribution in [0.15, 0.2) is 18.3 Å². The largest absolute Gasteiger partial charge is 0.329 e. The number of hydrogen-bond acceptors (Lipinski definition) is 5. The number of halogens is 1. The number of carbonyl (C=O) groups excluding carboxylic acids is 1. The minimum absolute atomic E-state index is 0.0387. The van der Waals surface area contributed by atoms with Crippen molar-refractivity contribution in [2.75, 3.05) is 6.54 Å². The number of aromatic nitrogens is 3. The second kappa shape index (κ2) is 5.74. The summed E-state index contributed by atoms with van der Waals surface area (Å²) in [5, 5.41) is 4.82. The summed E-state index contributed by atoms with van der Waals surface area (Å²) in [6, 6.07) is 3.71. The van der Waals surface area contributed by atoms with Crippen LogP contribution in [0, 0.1) is 11.8 Å². The van der Waals surface area contributed by atoms with Crippen LogP contribution in [0.1, 0.15) is 30.9 Å². The van der Waals surface area contributed by atoms with Crippen molar-refractivity contribution in [2.24, 2.45) is 17.6 Å². The fourth-order valence-electron chi connectivity index (χ4n) is 3.99. The van der Waals surface area contributed by atoms with Crippen LogP contribution in [0.4, 0.5) is 0 Å². The zero-order chi connectivity index (χ0) is 16.0. The van der Waals surface area contributed by atoms with E-state index in [-0.39, 0.29) is 23.8 Å². The molecular formula is C15H19ClN6O. The molecular weight excluding hydrogens is 316 g/mol. The van der Waals surface area contributed by atoms with E-state index in [1.807, 2.05) is 16.8 Å².